The van der Waals surface area contributed by atoms with Crippen molar-refractivity contribution < 1.29 is 18.0 Å². The first kappa shape index (κ1) is 18.5. The highest BCUT2D eigenvalue weighted by molar-refractivity contribution is 7.91. The minimum absolute atomic E-state index is 0.0421. The maximum Gasteiger partial charge on any atom is 0.256 e. The molecule has 0 aromatic heterocycles. The Labute approximate surface area is 156 Å². The van der Waals surface area contributed by atoms with E-state index in [1.807, 2.05) is 0 Å². The summed E-state index contributed by atoms with van der Waals surface area (Å²) in [4.78, 5) is 26.8. The third-order valence-corrected chi connectivity index (χ3v) is 6.89. The summed E-state index contributed by atoms with van der Waals surface area (Å²) in [7, 11) is -3.08. The highest BCUT2D eigenvalue weighted by atomic mass is 35.5. The summed E-state index contributed by atoms with van der Waals surface area (Å²) >= 11 is 12.0. The molecule has 25 heavy (non-hydrogen) atoms. The van der Waals surface area contributed by atoms with Crippen LogP contribution in [0, 0.1) is 0 Å². The predicted octanol–water partition coefficient (Wildman–Crippen LogP) is 1.90. The Balaban J connectivity index is 1.72. The van der Waals surface area contributed by atoms with E-state index < -0.39 is 15.9 Å². The van der Waals surface area contributed by atoms with Crippen molar-refractivity contribution in [2.75, 3.05) is 18.1 Å². The Bertz CT molecular complexity index is 812. The van der Waals surface area contributed by atoms with Gasteiger partial charge in [0.2, 0.25) is 5.91 Å². The molecule has 9 heteroatoms. The number of nitrogens with one attached hydrogen (secondary N) is 1. The van der Waals surface area contributed by atoms with E-state index in [1.54, 1.807) is 12.1 Å². The molecular weight excluding hydrogens is 387 g/mol. The maximum absolute atomic E-state index is 12.8. The molecule has 6 nitrogen and oxygen atoms in total. The van der Waals surface area contributed by atoms with Gasteiger partial charge in [0.1, 0.15) is 6.04 Å². The number of amides is 2. The summed E-state index contributed by atoms with van der Waals surface area (Å²) in [6, 6.07) is 3.63. The van der Waals surface area contributed by atoms with Crippen LogP contribution < -0.4 is 5.32 Å². The SMILES string of the molecule is O=C(NC1CCS(=O)(=O)C1)C1CCCN1C(=O)c1cc(Cl)ccc1Cl. The van der Waals surface area contributed by atoms with Crippen molar-refractivity contribution in [1.29, 1.82) is 0 Å². The topological polar surface area (TPSA) is 83.6 Å². The largest absolute Gasteiger partial charge is 0.351 e. The first-order valence-corrected chi connectivity index (χ1v) is 10.6. The lowest BCUT2D eigenvalue weighted by molar-refractivity contribution is -0.125. The molecule has 3 rings (SSSR count). The number of benzene rings is 1. The van der Waals surface area contributed by atoms with Gasteiger partial charge in [0.15, 0.2) is 9.84 Å². The van der Waals surface area contributed by atoms with Crippen molar-refractivity contribution in [3.05, 3.63) is 33.8 Å². The maximum atomic E-state index is 12.8. The number of rotatable bonds is 3. The summed E-state index contributed by atoms with van der Waals surface area (Å²) in [5, 5.41) is 3.44. The number of carbonyl (C=O) groups is 2. The molecule has 0 bridgehead atoms. The van der Waals surface area contributed by atoms with E-state index in [4.69, 9.17) is 23.2 Å². The van der Waals surface area contributed by atoms with E-state index in [2.05, 4.69) is 5.32 Å². The number of hydrogen-bond acceptors (Lipinski definition) is 4. The van der Waals surface area contributed by atoms with Crippen LogP contribution in [0.2, 0.25) is 10.0 Å². The zero-order chi connectivity index (χ0) is 18.2. The van der Waals surface area contributed by atoms with E-state index in [9.17, 15) is 18.0 Å². The minimum Gasteiger partial charge on any atom is -0.351 e. The van der Waals surface area contributed by atoms with Crippen molar-refractivity contribution in [3.63, 3.8) is 0 Å². The van der Waals surface area contributed by atoms with Gasteiger partial charge in [-0.1, -0.05) is 23.2 Å². The number of halogens is 2. The van der Waals surface area contributed by atoms with Gasteiger partial charge in [-0.25, -0.2) is 8.42 Å². The monoisotopic (exact) mass is 404 g/mol. The second-order valence-corrected chi connectivity index (χ2v) is 9.46. The van der Waals surface area contributed by atoms with E-state index in [0.717, 1.165) is 0 Å². The van der Waals surface area contributed by atoms with E-state index in [0.29, 0.717) is 30.8 Å². The highest BCUT2D eigenvalue weighted by Gasteiger charge is 2.37. The van der Waals surface area contributed by atoms with Gasteiger partial charge < -0.3 is 10.2 Å². The zero-order valence-electron chi connectivity index (χ0n) is 13.4. The average molecular weight is 405 g/mol. The molecule has 0 radical (unpaired) electrons. The highest BCUT2D eigenvalue weighted by Crippen LogP contribution is 2.26. The van der Waals surface area contributed by atoms with Crippen molar-refractivity contribution in [3.8, 4) is 0 Å². The Morgan fingerprint density at radius 2 is 1.96 bits per heavy atom. The van der Waals surface area contributed by atoms with E-state index in [-0.39, 0.29) is 39.9 Å². The molecule has 2 fully saturated rings. The molecule has 2 aliphatic heterocycles. The van der Waals surface area contributed by atoms with Crippen LogP contribution in [0.3, 0.4) is 0 Å². The summed E-state index contributed by atoms with van der Waals surface area (Å²) in [6.07, 6.45) is 1.65. The lowest BCUT2D eigenvalue weighted by Gasteiger charge is -2.25. The third kappa shape index (κ3) is 4.10. The fourth-order valence-corrected chi connectivity index (χ4v) is 5.35. The second-order valence-electron chi connectivity index (χ2n) is 6.39. The van der Waals surface area contributed by atoms with Gasteiger partial charge in [-0.15, -0.1) is 0 Å². The van der Waals surface area contributed by atoms with Crippen molar-refractivity contribution in [1.82, 2.24) is 10.2 Å². The summed E-state index contributed by atoms with van der Waals surface area (Å²) < 4.78 is 23.1. The van der Waals surface area contributed by atoms with Crippen molar-refractivity contribution >= 4 is 44.9 Å². The number of sulfone groups is 1. The molecular formula is C16H18Cl2N2O4S. The van der Waals surface area contributed by atoms with Gasteiger partial charge in [0.25, 0.3) is 5.91 Å². The normalized spacial score (nSPS) is 25.1. The summed E-state index contributed by atoms with van der Waals surface area (Å²) in [5.74, 6) is -0.613. The fourth-order valence-electron chi connectivity index (χ4n) is 3.30. The van der Waals surface area contributed by atoms with Crippen LogP contribution in [0.25, 0.3) is 0 Å². The van der Waals surface area contributed by atoms with Crippen LogP contribution in [-0.2, 0) is 14.6 Å². The third-order valence-electron chi connectivity index (χ3n) is 4.55. The molecule has 136 valence electrons. The second kappa shape index (κ2) is 7.13. The molecule has 2 amide bonds. The number of likely N-dealkylation sites (tertiary alicyclic amines) is 1. The van der Waals surface area contributed by atoms with Crippen molar-refractivity contribution in [2.45, 2.75) is 31.3 Å². The molecule has 2 aliphatic rings. The Hall–Kier alpha value is -1.31. The zero-order valence-corrected chi connectivity index (χ0v) is 15.7. The molecule has 1 N–H and O–H groups in total. The van der Waals surface area contributed by atoms with Gasteiger partial charge >= 0.3 is 0 Å². The van der Waals surface area contributed by atoms with Gasteiger partial charge in [0, 0.05) is 17.6 Å². The summed E-state index contributed by atoms with van der Waals surface area (Å²) in [5.41, 5.74) is 0.261. The smallest absolute Gasteiger partial charge is 0.256 e. The Morgan fingerprint density at radius 3 is 2.64 bits per heavy atom. The predicted molar refractivity (Wildman–Crippen MR) is 95.7 cm³/mol. The Morgan fingerprint density at radius 1 is 1.20 bits per heavy atom. The van der Waals surface area contributed by atoms with E-state index >= 15 is 0 Å². The molecule has 2 saturated heterocycles. The standard InChI is InChI=1S/C16H18Cl2N2O4S/c17-10-3-4-13(18)12(8-10)16(22)20-6-1-2-14(20)15(21)19-11-5-7-25(23,24)9-11/h3-4,8,11,14H,1-2,5-7,9H2,(H,19,21). The Kier molecular flexibility index (Phi) is 5.27. The molecule has 1 aromatic rings. The van der Waals surface area contributed by atoms with Crippen molar-refractivity contribution in [2.24, 2.45) is 0 Å². The number of carbonyl (C=O) groups excluding carboxylic acids is 2. The van der Waals surface area contributed by atoms with Gasteiger partial charge in [-0.3, -0.25) is 9.59 Å². The van der Waals surface area contributed by atoms with Gasteiger partial charge in [-0.2, -0.15) is 0 Å². The summed E-state index contributed by atoms with van der Waals surface area (Å²) in [6.45, 7) is 0.447. The lowest BCUT2D eigenvalue weighted by Crippen LogP contribution is -2.49. The molecule has 2 atom stereocenters. The molecule has 1 aromatic carbocycles. The molecule has 0 saturated carbocycles. The number of hydrogen-bond donors (Lipinski definition) is 1. The number of nitrogens with zero attached hydrogens (tertiary/aromatic N) is 1. The van der Waals surface area contributed by atoms with Crippen LogP contribution in [0.1, 0.15) is 29.6 Å². The van der Waals surface area contributed by atoms with E-state index in [1.165, 1.54) is 11.0 Å². The van der Waals surface area contributed by atoms with Crippen LogP contribution in [0.5, 0.6) is 0 Å². The molecule has 2 heterocycles. The molecule has 2 unspecified atom stereocenters. The first-order valence-electron chi connectivity index (χ1n) is 8.04. The quantitative estimate of drug-likeness (QED) is 0.833. The fraction of sp³-hybridized carbons (Fsp3) is 0.500. The lowest BCUT2D eigenvalue weighted by atomic mass is 10.1. The average Bonchev–Trinajstić information content (AvgIpc) is 3.15. The van der Waals surface area contributed by atoms with Crippen LogP contribution in [-0.4, -0.2) is 55.3 Å². The van der Waals surface area contributed by atoms with Crippen LogP contribution >= 0.6 is 23.2 Å². The minimum atomic E-state index is -3.08. The van der Waals surface area contributed by atoms with Crippen LogP contribution in [0.4, 0.5) is 0 Å². The van der Waals surface area contributed by atoms with Crippen LogP contribution in [0.15, 0.2) is 18.2 Å². The first-order chi connectivity index (χ1) is 11.8. The molecule has 0 aliphatic carbocycles. The molecule has 0 spiro atoms. The van der Waals surface area contributed by atoms with Gasteiger partial charge in [0.05, 0.1) is 22.1 Å². The van der Waals surface area contributed by atoms with Gasteiger partial charge in [-0.05, 0) is 37.5 Å².